The van der Waals surface area contributed by atoms with Crippen LogP contribution in [0.25, 0.3) is 11.1 Å². The van der Waals surface area contributed by atoms with Crippen LogP contribution in [-0.4, -0.2) is 233 Å². The van der Waals surface area contributed by atoms with Gasteiger partial charge in [-0.15, -0.1) is 4.73 Å². The molecular weight excluding hydrogens is 1330 g/mol. The summed E-state index contributed by atoms with van der Waals surface area (Å²) in [7, 11) is -10.2. The number of carbonyl (C=O) groups is 1. The van der Waals surface area contributed by atoms with Crippen molar-refractivity contribution in [3.05, 3.63) is 107 Å². The zero-order chi connectivity index (χ0) is 70.7. The summed E-state index contributed by atoms with van der Waals surface area (Å²) < 4.78 is 169. The van der Waals surface area contributed by atoms with Gasteiger partial charge in [-0.2, -0.15) is 29.8 Å². The topological polar surface area (TPSA) is 343 Å². The Bertz CT molecular complexity index is 3540. The van der Waals surface area contributed by atoms with Crippen molar-refractivity contribution in [1.29, 1.82) is 0 Å². The van der Waals surface area contributed by atoms with Crippen LogP contribution in [0, 0.1) is 5.41 Å². The van der Waals surface area contributed by atoms with Gasteiger partial charge < -0.3 is 72.1 Å². The highest BCUT2D eigenvalue weighted by atomic mass is 32.2. The number of anilines is 1. The Morgan fingerprint density at radius 1 is 0.629 bits per heavy atom. The maximum Gasteiger partial charge on any atom is 0.333 e. The molecule has 0 amide bonds. The van der Waals surface area contributed by atoms with Gasteiger partial charge >= 0.3 is 5.97 Å². The summed E-state index contributed by atoms with van der Waals surface area (Å²) >= 11 is 0. The fourth-order valence-electron chi connectivity index (χ4n) is 11.4. The number of aromatic nitrogens is 1. The lowest BCUT2D eigenvalue weighted by atomic mass is 9.75. The monoisotopic (exact) mass is 1420 g/mol. The lowest BCUT2D eigenvalue weighted by molar-refractivity contribution is -0.437. The van der Waals surface area contributed by atoms with E-state index in [2.05, 4.69) is 11.0 Å². The standard InChI is InChI=1S/C67H97N3O24S3/c1-51-50-67(22-26-85-32-34-89-40-42-91-38-36-87-30-28-83-6,23-27-86-33-35-90-41-43-92-39-37-88-31-29-84-7)69(25-13-45-96(77,78)79)58-49-59-55(48-54(51)58)52(46-61(93-59)65(2,3)4)14-9-8-10-15-60-66(5,21-11-16-64(73)94-70-62(71)19-20-63(70)72)56-47-53(97(80,81)82)17-18-57(56)68(60)24-12-44-95(74,75)76/h8-10,14-15,17-20,46-50H,11-13,16,21-45H2,1-7H3,(H4-,71,72,74,75,76,77,78,79,80,81,82)/p+1. The highest BCUT2D eigenvalue weighted by Gasteiger charge is 2.48. The predicted molar refractivity (Wildman–Crippen MR) is 363 cm³/mol. The number of hydrogen-bond donors (Lipinski definition) is 5. The summed E-state index contributed by atoms with van der Waals surface area (Å²) in [5.74, 6) is -1.71. The van der Waals surface area contributed by atoms with Crippen LogP contribution < -0.4 is 14.5 Å². The fraction of sp³-hybridized carbons (Fsp3) is 0.582. The first-order valence-electron chi connectivity index (χ1n) is 32.3. The van der Waals surface area contributed by atoms with Crippen molar-refractivity contribution >= 4 is 64.6 Å². The number of rotatable bonds is 47. The number of carbonyl (C=O) groups excluding carboxylic acids is 1. The molecule has 1 aromatic heterocycles. The van der Waals surface area contributed by atoms with Crippen molar-refractivity contribution in [2.24, 2.45) is 5.41 Å². The van der Waals surface area contributed by atoms with Crippen LogP contribution in [0.3, 0.4) is 0 Å². The van der Waals surface area contributed by atoms with Crippen molar-refractivity contribution in [3.8, 4) is 17.5 Å². The normalized spacial score (nSPS) is 16.9. The van der Waals surface area contributed by atoms with Gasteiger partial charge in [0, 0.05) is 105 Å². The van der Waals surface area contributed by atoms with Gasteiger partial charge in [0.15, 0.2) is 5.71 Å². The molecule has 0 bridgehead atoms. The molecule has 97 heavy (non-hydrogen) atoms. The highest BCUT2D eigenvalue weighted by Crippen LogP contribution is 2.50. The lowest BCUT2D eigenvalue weighted by Crippen LogP contribution is -2.52. The minimum atomic E-state index is -4.71. The van der Waals surface area contributed by atoms with Crippen LogP contribution in [0.4, 0.5) is 11.4 Å². The molecule has 1 unspecified atom stereocenters. The smallest absolute Gasteiger partial charge is 0.333 e. The van der Waals surface area contributed by atoms with E-state index in [1.54, 1.807) is 37.0 Å². The summed E-state index contributed by atoms with van der Waals surface area (Å²) in [5.41, 5.74) is 3.18. The molecule has 0 saturated carbocycles. The molecule has 0 radical (unpaired) electrons. The van der Waals surface area contributed by atoms with E-state index >= 15 is 0 Å². The number of allylic oxidation sites excluding steroid dienone is 9. The minimum Gasteiger partial charge on any atom is -0.492 e. The number of aromatic hydroxyl groups is 2. The Hall–Kier alpha value is -5.91. The van der Waals surface area contributed by atoms with Crippen LogP contribution in [-0.2, 0) is 87.9 Å². The van der Waals surface area contributed by atoms with E-state index in [4.69, 9.17) is 56.9 Å². The predicted octanol–water partition coefficient (Wildman–Crippen LogP) is 7.57. The first kappa shape index (κ1) is 80.1. The average molecular weight is 1430 g/mol. The number of ether oxygens (including phenoxy) is 11. The first-order valence-corrected chi connectivity index (χ1v) is 37.0. The van der Waals surface area contributed by atoms with Crippen LogP contribution in [0.15, 0.2) is 95.7 Å². The van der Waals surface area contributed by atoms with E-state index < -0.39 is 80.9 Å². The fourth-order valence-corrected chi connectivity index (χ4v) is 12.9. The minimum absolute atomic E-state index is 0.0405. The van der Waals surface area contributed by atoms with Crippen LogP contribution in [0.2, 0.25) is 0 Å². The van der Waals surface area contributed by atoms with Gasteiger partial charge in [0.25, 0.3) is 30.4 Å². The molecule has 5 N–H and O–H groups in total. The molecule has 0 fully saturated rings. The molecule has 1 atom stereocenters. The Balaban J connectivity index is 1.30. The summed E-state index contributed by atoms with van der Waals surface area (Å²) in [5, 5.41) is 20.2. The lowest BCUT2D eigenvalue weighted by Gasteiger charge is -2.48. The number of fused-ring (bicyclic) bond motifs is 3. The largest absolute Gasteiger partial charge is 0.492 e. The van der Waals surface area contributed by atoms with Crippen molar-refractivity contribution in [1.82, 2.24) is 4.73 Å². The van der Waals surface area contributed by atoms with Gasteiger partial charge in [-0.3, -0.25) is 13.7 Å². The molecule has 0 saturated heterocycles. The van der Waals surface area contributed by atoms with Crippen molar-refractivity contribution in [2.75, 3.05) is 163 Å². The maximum absolute atomic E-state index is 13.1. The Labute approximate surface area is 570 Å². The molecule has 0 spiro atoms. The Kier molecular flexibility index (Phi) is 31.9. The second-order valence-electron chi connectivity index (χ2n) is 24.5. The summed E-state index contributed by atoms with van der Waals surface area (Å²) in [6.07, 6.45) is 14.2. The summed E-state index contributed by atoms with van der Waals surface area (Å²) in [6.45, 7) is 17.2. The number of methoxy groups -OCH3 is 2. The molecule has 30 heteroatoms. The second-order valence-corrected chi connectivity index (χ2v) is 29.1. The van der Waals surface area contributed by atoms with Gasteiger partial charge in [-0.1, -0.05) is 51.2 Å². The molecule has 3 aliphatic heterocycles. The third-order valence-electron chi connectivity index (χ3n) is 16.2. The Morgan fingerprint density at radius 2 is 1.14 bits per heavy atom. The quantitative estimate of drug-likeness (QED) is 0.0157. The van der Waals surface area contributed by atoms with Gasteiger partial charge in [0.1, 0.15) is 18.1 Å². The van der Waals surface area contributed by atoms with Crippen molar-refractivity contribution in [2.45, 2.75) is 95.4 Å². The van der Waals surface area contributed by atoms with Gasteiger partial charge in [-0.25, -0.2) is 4.79 Å². The molecule has 27 nitrogen and oxygen atoms in total. The average Bonchev–Trinajstić information content (AvgIpc) is 1.73. The number of nitrogens with zero attached hydrogens (tertiary/aromatic N) is 3. The van der Waals surface area contributed by atoms with Crippen LogP contribution in [0.5, 0.6) is 17.5 Å². The summed E-state index contributed by atoms with van der Waals surface area (Å²) in [6, 6.07) is 10.4. The van der Waals surface area contributed by atoms with E-state index in [0.29, 0.717) is 152 Å². The molecule has 542 valence electrons. The zero-order valence-electron chi connectivity index (χ0n) is 56.6. The SMILES string of the molecule is COCCOCCOCCOCCOCCC1(CCOCCOCCOCCOCCOC)C=C(C)c2cc3c(cc2N1CCCS(=O)(=O)O)OC(C(C)(C)C)=CC3=CC=CC=CC1=[N+](CCCS(=O)(=O)O)c2ccc(S(=O)(=O)O)cc2C1(C)CCCC(=O)On1c(O)ccc1O. The molecule has 4 heterocycles. The summed E-state index contributed by atoms with van der Waals surface area (Å²) in [4.78, 5) is 20.0. The Morgan fingerprint density at radius 3 is 1.65 bits per heavy atom. The first-order chi connectivity index (χ1) is 46.1. The van der Waals surface area contributed by atoms with E-state index in [-0.39, 0.29) is 58.4 Å². The highest BCUT2D eigenvalue weighted by molar-refractivity contribution is 7.86. The molecular formula is C67H98N3O24S3+. The van der Waals surface area contributed by atoms with Crippen LogP contribution in [0.1, 0.15) is 96.3 Å². The third-order valence-corrected chi connectivity index (χ3v) is 18.7. The van der Waals surface area contributed by atoms with E-state index in [9.17, 15) is 53.9 Å². The van der Waals surface area contributed by atoms with Crippen molar-refractivity contribution < 1.29 is 115 Å². The second kappa shape index (κ2) is 38.6. The maximum atomic E-state index is 13.1. The number of benzene rings is 2. The molecule has 0 aliphatic carbocycles. The van der Waals surface area contributed by atoms with E-state index in [1.165, 1.54) is 18.2 Å². The zero-order valence-corrected chi connectivity index (χ0v) is 59.1. The van der Waals surface area contributed by atoms with E-state index in [0.717, 1.165) is 40.1 Å². The molecule has 6 rings (SSSR count). The molecule has 3 aliphatic rings. The van der Waals surface area contributed by atoms with Gasteiger partial charge in [0.2, 0.25) is 17.4 Å². The van der Waals surface area contributed by atoms with Crippen LogP contribution >= 0.6 is 0 Å². The molecule has 2 aromatic carbocycles. The third kappa shape index (κ3) is 25.3. The van der Waals surface area contributed by atoms with E-state index in [1.807, 2.05) is 65.0 Å². The number of hydrogen-bond acceptors (Lipinski definition) is 22. The van der Waals surface area contributed by atoms with Crippen molar-refractivity contribution in [3.63, 3.8) is 0 Å². The molecule has 3 aromatic rings. The van der Waals surface area contributed by atoms with Gasteiger partial charge in [0.05, 0.1) is 133 Å². The van der Waals surface area contributed by atoms with Gasteiger partial charge in [-0.05, 0) is 81.4 Å².